The van der Waals surface area contributed by atoms with Gasteiger partial charge in [-0.15, -0.1) is 5.10 Å². The van der Waals surface area contributed by atoms with E-state index in [0.717, 1.165) is 37.0 Å². The molecule has 1 atom stereocenters. The first kappa shape index (κ1) is 21.1. The van der Waals surface area contributed by atoms with Crippen molar-refractivity contribution in [3.63, 3.8) is 0 Å². The van der Waals surface area contributed by atoms with Crippen LogP contribution in [-0.2, 0) is 16.1 Å². The first-order valence-corrected chi connectivity index (χ1v) is 10.0. The monoisotopic (exact) mass is 390 g/mol. The van der Waals surface area contributed by atoms with Crippen molar-refractivity contribution in [2.45, 2.75) is 44.9 Å². The van der Waals surface area contributed by atoms with Gasteiger partial charge in [0.2, 0.25) is 5.91 Å². The van der Waals surface area contributed by atoms with Crippen LogP contribution in [0.1, 0.15) is 44.2 Å². The molecule has 0 saturated carbocycles. The molecule has 1 aromatic rings. The maximum Gasteiger partial charge on any atom is 0.305 e. The van der Waals surface area contributed by atoms with Gasteiger partial charge in [-0.1, -0.05) is 56.3 Å². The van der Waals surface area contributed by atoms with Crippen LogP contribution >= 0.6 is 11.8 Å². The number of rotatable bonds is 10. The lowest BCUT2D eigenvalue weighted by atomic mass is 10.1. The van der Waals surface area contributed by atoms with E-state index in [1.165, 1.54) is 18.4 Å². The summed E-state index contributed by atoms with van der Waals surface area (Å²) in [6.07, 6.45) is 3.79. The fourth-order valence-corrected chi connectivity index (χ4v) is 3.58. The zero-order valence-electron chi connectivity index (χ0n) is 15.7. The van der Waals surface area contributed by atoms with Crippen LogP contribution in [0.4, 0.5) is 0 Å². The lowest BCUT2D eigenvalue weighted by Crippen LogP contribution is -2.26. The largest absolute Gasteiger partial charge is 0.481 e. The Morgan fingerprint density at radius 2 is 2.15 bits per heavy atom. The Bertz CT molecular complexity index is 721. The highest BCUT2D eigenvalue weighted by molar-refractivity contribution is 8.15. The molecular formula is C19H26N4O3S. The van der Waals surface area contributed by atoms with Crippen molar-refractivity contribution < 1.29 is 14.7 Å². The number of nitrogens with one attached hydrogen (secondary N) is 1. The second kappa shape index (κ2) is 10.8. The van der Waals surface area contributed by atoms with Crippen LogP contribution < -0.4 is 5.32 Å². The molecule has 146 valence electrons. The molecule has 1 aromatic carbocycles. The van der Waals surface area contributed by atoms with Crippen molar-refractivity contribution in [1.29, 1.82) is 0 Å². The van der Waals surface area contributed by atoms with Crippen LogP contribution in [0.2, 0.25) is 0 Å². The van der Waals surface area contributed by atoms with Crippen LogP contribution in [0, 0.1) is 0 Å². The third-order valence-electron chi connectivity index (χ3n) is 4.21. The Labute approximate surface area is 163 Å². The number of carboxylic acid groups (broad SMARTS) is 1. The van der Waals surface area contributed by atoms with E-state index in [4.69, 9.17) is 5.11 Å². The van der Waals surface area contributed by atoms with Crippen molar-refractivity contribution in [2.24, 2.45) is 10.2 Å². The van der Waals surface area contributed by atoms with Gasteiger partial charge in [0.15, 0.2) is 5.17 Å². The minimum Gasteiger partial charge on any atom is -0.481 e. The summed E-state index contributed by atoms with van der Waals surface area (Å²) in [5, 5.41) is 19.2. The van der Waals surface area contributed by atoms with Crippen LogP contribution in [-0.4, -0.2) is 51.6 Å². The second-order valence-electron chi connectivity index (χ2n) is 6.26. The van der Waals surface area contributed by atoms with Gasteiger partial charge in [-0.25, -0.2) is 0 Å². The number of carbonyl (C=O) groups is 2. The summed E-state index contributed by atoms with van der Waals surface area (Å²) >= 11 is 1.10. The summed E-state index contributed by atoms with van der Waals surface area (Å²) in [7, 11) is 0. The van der Waals surface area contributed by atoms with Gasteiger partial charge < -0.3 is 10.4 Å². The molecule has 1 unspecified atom stereocenters. The molecule has 2 rings (SSSR count). The fourth-order valence-electron chi connectivity index (χ4n) is 2.66. The summed E-state index contributed by atoms with van der Waals surface area (Å²) in [5.74, 6) is -1.35. The number of hydrogen-bond acceptors (Lipinski definition) is 6. The van der Waals surface area contributed by atoms with Crippen molar-refractivity contribution in [3.8, 4) is 0 Å². The van der Waals surface area contributed by atoms with Gasteiger partial charge in [0.05, 0.1) is 12.6 Å². The lowest BCUT2D eigenvalue weighted by Gasteiger charge is -2.21. The van der Waals surface area contributed by atoms with Gasteiger partial charge in [-0.05, 0) is 30.6 Å². The Morgan fingerprint density at radius 3 is 2.85 bits per heavy atom. The molecule has 1 saturated heterocycles. The van der Waals surface area contributed by atoms with E-state index in [9.17, 15) is 9.59 Å². The topological polar surface area (TPSA) is 94.4 Å². The number of nitrogens with zero attached hydrogens (tertiary/aromatic N) is 3. The third-order valence-corrected chi connectivity index (χ3v) is 5.28. The van der Waals surface area contributed by atoms with E-state index in [-0.39, 0.29) is 12.3 Å². The highest BCUT2D eigenvalue weighted by atomic mass is 32.2. The molecule has 8 heteroatoms. The summed E-state index contributed by atoms with van der Waals surface area (Å²) in [5.41, 5.74) is 2.15. The average Bonchev–Trinajstić information content (AvgIpc) is 2.98. The van der Waals surface area contributed by atoms with E-state index >= 15 is 0 Å². The molecule has 1 amide bonds. The first-order valence-electron chi connectivity index (χ1n) is 9.14. The third kappa shape index (κ3) is 6.80. The molecule has 2 N–H and O–H groups in total. The fraction of sp³-hybridized carbons (Fsp3) is 0.474. The highest BCUT2D eigenvalue weighted by Crippen LogP contribution is 2.22. The zero-order chi connectivity index (χ0) is 19.6. The molecule has 7 nitrogen and oxygen atoms in total. The maximum absolute atomic E-state index is 11.7. The van der Waals surface area contributed by atoms with Gasteiger partial charge in [0.1, 0.15) is 5.25 Å². The summed E-state index contributed by atoms with van der Waals surface area (Å²) in [6.45, 7) is 7.25. The quantitative estimate of drug-likeness (QED) is 0.473. The Morgan fingerprint density at radius 1 is 1.37 bits per heavy atom. The molecule has 1 aliphatic heterocycles. The lowest BCUT2D eigenvalue weighted by molar-refractivity contribution is -0.138. The molecular weight excluding hydrogens is 364 g/mol. The van der Waals surface area contributed by atoms with Crippen molar-refractivity contribution in [3.05, 3.63) is 35.4 Å². The maximum atomic E-state index is 11.7. The van der Waals surface area contributed by atoms with Crippen LogP contribution in [0.3, 0.4) is 0 Å². The van der Waals surface area contributed by atoms with E-state index in [2.05, 4.69) is 40.3 Å². The number of carbonyl (C=O) groups excluding carboxylic acids is 1. The molecule has 1 fully saturated rings. The number of unbranched alkanes of at least 4 members (excludes halogenated alkanes) is 1. The number of benzene rings is 1. The highest BCUT2D eigenvalue weighted by Gasteiger charge is 2.32. The predicted octanol–water partition coefficient (Wildman–Crippen LogP) is 2.70. The minimum absolute atomic E-state index is 0.229. The Balaban J connectivity index is 2.03. The summed E-state index contributed by atoms with van der Waals surface area (Å²) in [4.78, 5) is 24.9. The summed E-state index contributed by atoms with van der Waals surface area (Å²) < 4.78 is 0. The standard InChI is InChI=1S/C19H26N4O3S/c1-3-5-10-23(4-2)13-15-9-7-6-8-14(15)12-20-22-19-21-18(26)16(27-19)11-17(24)25/h6-9,12,16H,3-5,10-11,13H2,1-2H3,(H,24,25)(H,21,22,26). The van der Waals surface area contributed by atoms with Gasteiger partial charge in [0.25, 0.3) is 0 Å². The zero-order valence-corrected chi connectivity index (χ0v) is 16.5. The van der Waals surface area contributed by atoms with E-state index in [1.807, 2.05) is 18.2 Å². The van der Waals surface area contributed by atoms with Gasteiger partial charge in [0, 0.05) is 6.54 Å². The predicted molar refractivity (Wildman–Crippen MR) is 109 cm³/mol. The number of thioether (sulfide) groups is 1. The molecule has 0 aliphatic carbocycles. The molecule has 0 aromatic heterocycles. The van der Waals surface area contributed by atoms with Gasteiger partial charge in [-0.2, -0.15) is 5.10 Å². The number of hydrogen-bond donors (Lipinski definition) is 2. The Hall–Kier alpha value is -2.19. The first-order chi connectivity index (χ1) is 13.0. The van der Waals surface area contributed by atoms with E-state index in [0.29, 0.717) is 5.17 Å². The van der Waals surface area contributed by atoms with Gasteiger partial charge in [-0.3, -0.25) is 14.5 Å². The van der Waals surface area contributed by atoms with Crippen molar-refractivity contribution in [1.82, 2.24) is 10.2 Å². The number of aliphatic carboxylic acids is 1. The smallest absolute Gasteiger partial charge is 0.305 e. The van der Waals surface area contributed by atoms with Gasteiger partial charge >= 0.3 is 5.97 Å². The van der Waals surface area contributed by atoms with E-state index in [1.54, 1.807) is 6.21 Å². The van der Waals surface area contributed by atoms with Crippen LogP contribution in [0.25, 0.3) is 0 Å². The molecule has 0 radical (unpaired) electrons. The Kier molecular flexibility index (Phi) is 8.47. The number of carboxylic acids is 1. The van der Waals surface area contributed by atoms with Crippen molar-refractivity contribution in [2.75, 3.05) is 13.1 Å². The SMILES string of the molecule is CCCCN(CC)Cc1ccccc1C=NN=C1NC(=O)C(CC(=O)O)S1. The number of amides is 1. The average molecular weight is 391 g/mol. The van der Waals surface area contributed by atoms with E-state index < -0.39 is 11.2 Å². The molecule has 1 aliphatic rings. The summed E-state index contributed by atoms with van der Waals surface area (Å²) in [6, 6.07) is 8.03. The van der Waals surface area contributed by atoms with Crippen LogP contribution in [0.15, 0.2) is 34.5 Å². The second-order valence-corrected chi connectivity index (χ2v) is 7.46. The molecule has 1 heterocycles. The number of amidine groups is 1. The van der Waals surface area contributed by atoms with Crippen LogP contribution in [0.5, 0.6) is 0 Å². The molecule has 0 bridgehead atoms. The molecule has 0 spiro atoms. The van der Waals surface area contributed by atoms with Crippen molar-refractivity contribution >= 4 is 35.0 Å². The minimum atomic E-state index is -1.01. The molecule has 27 heavy (non-hydrogen) atoms. The normalized spacial score (nSPS) is 18.6.